The number of likely N-dealkylation sites (N-methyl/N-ethyl adjacent to an activating group) is 1. The van der Waals surface area contributed by atoms with Crippen molar-refractivity contribution in [1.29, 1.82) is 5.26 Å². The largest absolute Gasteiger partial charge is 0.492 e. The van der Waals surface area contributed by atoms with Gasteiger partial charge >= 0.3 is 0 Å². The van der Waals surface area contributed by atoms with Crippen molar-refractivity contribution in [2.24, 2.45) is 22.9 Å². The summed E-state index contributed by atoms with van der Waals surface area (Å²) in [6.45, 7) is 8.09. The molecule has 1 saturated carbocycles. The van der Waals surface area contributed by atoms with Crippen molar-refractivity contribution in [3.05, 3.63) is 83.5 Å². The van der Waals surface area contributed by atoms with E-state index in [4.69, 9.17) is 19.0 Å². The molecular formula is C41H52N4O7. The van der Waals surface area contributed by atoms with Gasteiger partial charge in [0.15, 0.2) is 0 Å². The zero-order chi connectivity index (χ0) is 36.7. The van der Waals surface area contributed by atoms with E-state index >= 15 is 0 Å². The summed E-state index contributed by atoms with van der Waals surface area (Å²) >= 11 is 0. The van der Waals surface area contributed by atoms with Gasteiger partial charge in [0, 0.05) is 63.4 Å². The Bertz CT molecular complexity index is 1670. The van der Waals surface area contributed by atoms with Gasteiger partial charge in [0.25, 0.3) is 5.91 Å². The Balaban J connectivity index is 1.51. The Labute approximate surface area is 307 Å². The van der Waals surface area contributed by atoms with E-state index in [1.165, 1.54) is 7.11 Å². The van der Waals surface area contributed by atoms with E-state index in [9.17, 15) is 20.3 Å². The van der Waals surface area contributed by atoms with Gasteiger partial charge in [-0.25, -0.2) is 0 Å². The van der Waals surface area contributed by atoms with Crippen LogP contribution in [0.15, 0.2) is 71.9 Å². The average Bonchev–Trinajstić information content (AvgIpc) is 4.00. The molecule has 0 bridgehead atoms. The molecule has 11 heteroatoms. The van der Waals surface area contributed by atoms with Gasteiger partial charge in [-0.05, 0) is 85.6 Å². The predicted octanol–water partition coefficient (Wildman–Crippen LogP) is 5.29. The van der Waals surface area contributed by atoms with E-state index in [1.807, 2.05) is 12.1 Å². The number of amides is 1. The first-order valence-electron chi connectivity index (χ1n) is 18.6. The molecule has 2 aromatic carbocycles. The maximum Gasteiger partial charge on any atom is 0.254 e. The van der Waals surface area contributed by atoms with Gasteiger partial charge in [0.1, 0.15) is 31.3 Å². The van der Waals surface area contributed by atoms with Crippen LogP contribution in [-0.2, 0) is 9.57 Å². The monoisotopic (exact) mass is 712 g/mol. The molecule has 2 fully saturated rings. The highest BCUT2D eigenvalue weighted by atomic mass is 16.7. The molecule has 278 valence electrons. The van der Waals surface area contributed by atoms with Crippen LogP contribution in [0.4, 0.5) is 0 Å². The standard InChI is InChI=1S/C41H52N4O7/c1-4-22-51-41-37(44(2)40(48)29-13-11-28(27-42)12-14-29)26-35(43-49-3)33-24-30(9-5-7-20-46)32(10-6-8-21-47)38(39(33)41)34-25-31(15-16-36(34)52-41)50-23-19-45-17-18-45/h4,11-16,24-25,30,32,37-39,46-47H,1,5-10,17-23,26H2,2-3H3/t30-,32+,37-,38+,39+,41+/m0/s1. The Kier molecular flexibility index (Phi) is 12.3. The number of oxime groups is 1. The van der Waals surface area contributed by atoms with Gasteiger partial charge in [-0.3, -0.25) is 9.69 Å². The molecule has 4 aliphatic rings. The van der Waals surface area contributed by atoms with E-state index in [0.29, 0.717) is 42.7 Å². The molecule has 52 heavy (non-hydrogen) atoms. The smallest absolute Gasteiger partial charge is 0.254 e. The summed E-state index contributed by atoms with van der Waals surface area (Å²) in [5.74, 6) is -0.334. The fourth-order valence-electron chi connectivity index (χ4n) is 8.55. The molecule has 1 amide bonds. The number of nitrogens with zero attached hydrogens (tertiary/aromatic N) is 4. The van der Waals surface area contributed by atoms with Crippen LogP contribution in [0.3, 0.4) is 0 Å². The van der Waals surface area contributed by atoms with Crippen LogP contribution in [-0.4, -0.2) is 104 Å². The number of unbranched alkanes of at least 4 members (excludes halogenated alkanes) is 2. The van der Waals surface area contributed by atoms with E-state index in [1.54, 1.807) is 42.3 Å². The normalized spacial score (nSPS) is 26.6. The topological polar surface area (TPSA) is 137 Å². The highest BCUT2D eigenvalue weighted by Gasteiger charge is 2.65. The van der Waals surface area contributed by atoms with E-state index in [2.05, 4.69) is 34.8 Å². The summed E-state index contributed by atoms with van der Waals surface area (Å²) in [6, 6.07) is 14.2. The summed E-state index contributed by atoms with van der Waals surface area (Å²) in [5.41, 5.74) is 3.66. The zero-order valence-corrected chi connectivity index (χ0v) is 30.4. The number of fused-ring (bicyclic) bond motifs is 2. The molecule has 6 rings (SSSR count). The second-order valence-electron chi connectivity index (χ2n) is 14.3. The van der Waals surface area contributed by atoms with Crippen molar-refractivity contribution in [2.75, 3.05) is 60.2 Å². The fourth-order valence-corrected chi connectivity index (χ4v) is 8.55. The number of rotatable bonds is 18. The first-order valence-corrected chi connectivity index (χ1v) is 18.6. The zero-order valence-electron chi connectivity index (χ0n) is 30.4. The van der Waals surface area contributed by atoms with Crippen molar-refractivity contribution >= 4 is 11.6 Å². The average molecular weight is 713 g/mol. The van der Waals surface area contributed by atoms with Gasteiger partial charge < -0.3 is 34.2 Å². The molecule has 2 aromatic rings. The molecule has 0 radical (unpaired) electrons. The van der Waals surface area contributed by atoms with Gasteiger partial charge in [-0.1, -0.05) is 30.1 Å². The number of aliphatic hydroxyl groups excluding tert-OH is 2. The van der Waals surface area contributed by atoms with E-state index < -0.39 is 11.8 Å². The number of hydrogen-bond acceptors (Lipinski definition) is 10. The van der Waals surface area contributed by atoms with Crippen LogP contribution in [0, 0.1) is 29.1 Å². The fraction of sp³-hybridized carbons (Fsp3) is 0.537. The van der Waals surface area contributed by atoms with Crippen LogP contribution in [0.1, 0.15) is 72.3 Å². The van der Waals surface area contributed by atoms with E-state index in [0.717, 1.165) is 67.9 Å². The van der Waals surface area contributed by atoms with Gasteiger partial charge in [0.05, 0.1) is 29.9 Å². The molecule has 2 aliphatic carbocycles. The van der Waals surface area contributed by atoms with Crippen LogP contribution in [0.25, 0.3) is 0 Å². The third-order valence-electron chi connectivity index (χ3n) is 11.1. The van der Waals surface area contributed by atoms with Crippen molar-refractivity contribution in [3.63, 3.8) is 0 Å². The molecule has 2 heterocycles. The molecule has 11 nitrogen and oxygen atoms in total. The number of allylic oxidation sites excluding steroid dienone is 1. The summed E-state index contributed by atoms with van der Waals surface area (Å²) in [4.78, 5) is 23.8. The lowest BCUT2D eigenvalue weighted by molar-refractivity contribution is -0.252. The second-order valence-corrected chi connectivity index (χ2v) is 14.3. The maximum atomic E-state index is 14.3. The van der Waals surface area contributed by atoms with Crippen molar-refractivity contribution in [2.45, 2.75) is 62.7 Å². The molecule has 0 unspecified atom stereocenters. The van der Waals surface area contributed by atoms with Gasteiger partial charge in [0.2, 0.25) is 5.79 Å². The molecule has 0 spiro atoms. The van der Waals surface area contributed by atoms with Crippen molar-refractivity contribution in [1.82, 2.24) is 9.80 Å². The van der Waals surface area contributed by atoms with Crippen LogP contribution in [0.2, 0.25) is 0 Å². The maximum absolute atomic E-state index is 14.3. The SMILES string of the molecule is C=CCO[C@@]12Oc3ccc(OCCN4CC4)cc3[C@H]3[C@H](CCCCO)[C@@H](CCCCO)C=C(C(=NOC)C[C@@H]1N(C)C(=O)c1ccc(C#N)cc1)[C@H]32. The first kappa shape index (κ1) is 37.5. The molecule has 1 saturated heterocycles. The Hall–Kier alpha value is -4.21. The van der Waals surface area contributed by atoms with Gasteiger partial charge in [-0.2, -0.15) is 5.26 Å². The minimum absolute atomic E-state index is 0.118. The molecule has 2 N–H and O–H groups in total. The number of ether oxygens (including phenoxy) is 3. The third-order valence-corrected chi connectivity index (χ3v) is 11.1. The highest BCUT2D eigenvalue weighted by Crippen LogP contribution is 2.61. The number of hydrogen-bond donors (Lipinski definition) is 2. The molecular weight excluding hydrogens is 660 g/mol. The quantitative estimate of drug-likeness (QED) is 0.0915. The number of nitriles is 1. The third kappa shape index (κ3) is 7.76. The van der Waals surface area contributed by atoms with Gasteiger partial charge in [-0.15, -0.1) is 6.58 Å². The summed E-state index contributed by atoms with van der Waals surface area (Å²) in [7, 11) is 3.30. The minimum atomic E-state index is -1.33. The Morgan fingerprint density at radius 2 is 1.88 bits per heavy atom. The number of benzene rings is 2. The lowest BCUT2D eigenvalue weighted by atomic mass is 9.55. The van der Waals surface area contributed by atoms with Crippen molar-refractivity contribution in [3.8, 4) is 17.6 Å². The van der Waals surface area contributed by atoms with Crippen LogP contribution >= 0.6 is 0 Å². The lowest BCUT2D eigenvalue weighted by Gasteiger charge is -2.59. The molecule has 6 atom stereocenters. The number of carbonyl (C=O) groups is 1. The summed E-state index contributed by atoms with van der Waals surface area (Å²) in [6.07, 6.45) is 9.17. The number of carbonyl (C=O) groups excluding carboxylic acids is 1. The van der Waals surface area contributed by atoms with Crippen LogP contribution < -0.4 is 9.47 Å². The Morgan fingerprint density at radius 1 is 1.13 bits per heavy atom. The second kappa shape index (κ2) is 17.1. The number of aliphatic hydroxyl groups is 2. The molecule has 0 aromatic heterocycles. The van der Waals surface area contributed by atoms with E-state index in [-0.39, 0.29) is 49.4 Å². The Morgan fingerprint density at radius 3 is 2.56 bits per heavy atom. The van der Waals surface area contributed by atoms with Crippen molar-refractivity contribution < 1.29 is 34.1 Å². The lowest BCUT2D eigenvalue weighted by Crippen LogP contribution is -2.69. The first-order chi connectivity index (χ1) is 25.4. The minimum Gasteiger partial charge on any atom is -0.492 e. The summed E-state index contributed by atoms with van der Waals surface area (Å²) < 4.78 is 20.4. The summed E-state index contributed by atoms with van der Waals surface area (Å²) in [5, 5.41) is 33.5. The predicted molar refractivity (Wildman–Crippen MR) is 197 cm³/mol. The molecule has 2 aliphatic heterocycles. The highest BCUT2D eigenvalue weighted by molar-refractivity contribution is 6.03. The van der Waals surface area contributed by atoms with Crippen LogP contribution in [0.5, 0.6) is 11.5 Å².